The molecular weight excluding hydrogens is 212 g/mol. The molecule has 0 unspecified atom stereocenters. The lowest BCUT2D eigenvalue weighted by Gasteiger charge is -2.07. The normalized spacial score (nSPS) is 9.65. The van der Waals surface area contributed by atoms with Crippen LogP contribution in [-0.2, 0) is 6.54 Å². The number of hydrogen-bond donors (Lipinski definition) is 1. The molecule has 2 aromatic rings. The first-order valence-corrected chi connectivity index (χ1v) is 5.31. The number of hydrogen-bond acceptors (Lipinski definition) is 4. The summed E-state index contributed by atoms with van der Waals surface area (Å²) in [6.07, 6.45) is 1.58. The van der Waals surface area contributed by atoms with Gasteiger partial charge in [-0.05, 0) is 24.1 Å². The molecule has 84 valence electrons. The highest BCUT2D eigenvalue weighted by molar-refractivity contribution is 5.33. The third kappa shape index (κ3) is 2.79. The van der Waals surface area contributed by atoms with E-state index < -0.39 is 0 Å². The van der Waals surface area contributed by atoms with Gasteiger partial charge in [-0.15, -0.1) is 0 Å². The average molecular weight is 224 g/mol. The Morgan fingerprint density at radius 2 is 2.12 bits per heavy atom. The SMILES string of the molecule is Cc1ccccc1CNc1nccc(C#N)n1. The third-order valence-corrected chi connectivity index (χ3v) is 2.47. The summed E-state index contributed by atoms with van der Waals surface area (Å²) in [7, 11) is 0. The summed E-state index contributed by atoms with van der Waals surface area (Å²) in [5.41, 5.74) is 2.78. The number of nitriles is 1. The van der Waals surface area contributed by atoms with E-state index in [0.717, 1.165) is 0 Å². The molecule has 0 aliphatic rings. The van der Waals surface area contributed by atoms with Crippen molar-refractivity contribution in [3.05, 3.63) is 53.3 Å². The van der Waals surface area contributed by atoms with Gasteiger partial charge < -0.3 is 5.32 Å². The molecule has 0 saturated heterocycles. The van der Waals surface area contributed by atoms with Crippen molar-refractivity contribution in [3.63, 3.8) is 0 Å². The topological polar surface area (TPSA) is 61.6 Å². The number of anilines is 1. The number of aryl methyl sites for hydroxylation is 1. The maximum Gasteiger partial charge on any atom is 0.224 e. The Bertz CT molecular complexity index is 557. The lowest BCUT2D eigenvalue weighted by Crippen LogP contribution is -2.05. The van der Waals surface area contributed by atoms with Crippen LogP contribution in [0, 0.1) is 18.3 Å². The van der Waals surface area contributed by atoms with Crippen molar-refractivity contribution in [2.45, 2.75) is 13.5 Å². The van der Waals surface area contributed by atoms with E-state index in [9.17, 15) is 0 Å². The lowest BCUT2D eigenvalue weighted by molar-refractivity contribution is 1.03. The van der Waals surface area contributed by atoms with Gasteiger partial charge in [0.05, 0.1) is 0 Å². The Morgan fingerprint density at radius 3 is 2.88 bits per heavy atom. The second kappa shape index (κ2) is 5.08. The molecule has 1 heterocycles. The molecular formula is C13H12N4. The minimum absolute atomic E-state index is 0.368. The number of rotatable bonds is 3. The minimum Gasteiger partial charge on any atom is -0.350 e. The van der Waals surface area contributed by atoms with E-state index in [-0.39, 0.29) is 0 Å². The maximum atomic E-state index is 8.72. The molecule has 1 aromatic carbocycles. The summed E-state index contributed by atoms with van der Waals surface area (Å²) in [6.45, 7) is 2.71. The highest BCUT2D eigenvalue weighted by atomic mass is 15.1. The number of nitrogens with one attached hydrogen (secondary N) is 1. The van der Waals surface area contributed by atoms with Crippen LogP contribution < -0.4 is 5.32 Å². The van der Waals surface area contributed by atoms with Gasteiger partial charge in [-0.1, -0.05) is 24.3 Å². The second-order valence-electron chi connectivity index (χ2n) is 3.66. The van der Waals surface area contributed by atoms with Gasteiger partial charge in [0, 0.05) is 12.7 Å². The molecule has 17 heavy (non-hydrogen) atoms. The molecule has 0 radical (unpaired) electrons. The van der Waals surface area contributed by atoms with E-state index in [1.54, 1.807) is 12.3 Å². The lowest BCUT2D eigenvalue weighted by atomic mass is 10.1. The molecule has 0 amide bonds. The van der Waals surface area contributed by atoms with Crippen molar-refractivity contribution in [2.24, 2.45) is 0 Å². The van der Waals surface area contributed by atoms with Crippen LogP contribution in [0.4, 0.5) is 5.95 Å². The van der Waals surface area contributed by atoms with Crippen molar-refractivity contribution < 1.29 is 0 Å². The van der Waals surface area contributed by atoms with Crippen molar-refractivity contribution >= 4 is 5.95 Å². The summed E-state index contributed by atoms with van der Waals surface area (Å²) in [4.78, 5) is 8.11. The predicted octanol–water partition coefficient (Wildman–Crippen LogP) is 2.27. The van der Waals surface area contributed by atoms with E-state index >= 15 is 0 Å². The molecule has 0 bridgehead atoms. The molecule has 2 rings (SSSR count). The Labute approximate surface area is 100.0 Å². The van der Waals surface area contributed by atoms with Crippen LogP contribution >= 0.6 is 0 Å². The van der Waals surface area contributed by atoms with Crippen LogP contribution in [0.5, 0.6) is 0 Å². The summed E-state index contributed by atoms with van der Waals surface area (Å²) < 4.78 is 0. The predicted molar refractivity (Wildman–Crippen MR) is 65.3 cm³/mol. The maximum absolute atomic E-state index is 8.72. The second-order valence-corrected chi connectivity index (χ2v) is 3.66. The van der Waals surface area contributed by atoms with Gasteiger partial charge in [0.25, 0.3) is 0 Å². The van der Waals surface area contributed by atoms with Crippen LogP contribution in [0.3, 0.4) is 0 Å². The summed E-state index contributed by atoms with van der Waals surface area (Å²) in [5, 5.41) is 11.8. The zero-order valence-electron chi connectivity index (χ0n) is 9.51. The Hall–Kier alpha value is -2.41. The van der Waals surface area contributed by atoms with Crippen LogP contribution in [0.15, 0.2) is 36.5 Å². The Kier molecular flexibility index (Phi) is 3.31. The van der Waals surface area contributed by atoms with E-state index in [1.165, 1.54) is 11.1 Å². The largest absolute Gasteiger partial charge is 0.350 e. The number of aromatic nitrogens is 2. The van der Waals surface area contributed by atoms with Crippen LogP contribution in [0.1, 0.15) is 16.8 Å². The van der Waals surface area contributed by atoms with Crippen molar-refractivity contribution in [3.8, 4) is 6.07 Å². The number of benzene rings is 1. The summed E-state index contributed by atoms with van der Waals surface area (Å²) in [5.74, 6) is 0.479. The molecule has 1 N–H and O–H groups in total. The quantitative estimate of drug-likeness (QED) is 0.868. The first-order valence-electron chi connectivity index (χ1n) is 5.31. The fourth-order valence-corrected chi connectivity index (χ4v) is 1.49. The summed E-state index contributed by atoms with van der Waals surface area (Å²) in [6, 6.07) is 11.7. The highest BCUT2D eigenvalue weighted by Crippen LogP contribution is 2.09. The fourth-order valence-electron chi connectivity index (χ4n) is 1.49. The van der Waals surface area contributed by atoms with Gasteiger partial charge in [-0.2, -0.15) is 5.26 Å². The molecule has 4 heteroatoms. The molecule has 0 atom stereocenters. The van der Waals surface area contributed by atoms with Crippen LogP contribution in [0.2, 0.25) is 0 Å². The Balaban J connectivity index is 2.08. The van der Waals surface area contributed by atoms with Gasteiger partial charge in [0.15, 0.2) is 0 Å². The standard InChI is InChI=1S/C13H12N4/c1-10-4-2-3-5-11(10)9-16-13-15-7-6-12(8-14)17-13/h2-7H,9H2,1H3,(H,15,16,17). The van der Waals surface area contributed by atoms with Crippen molar-refractivity contribution in [1.29, 1.82) is 5.26 Å². The molecule has 0 spiro atoms. The van der Waals surface area contributed by atoms with E-state index in [0.29, 0.717) is 18.2 Å². The molecule has 1 aromatic heterocycles. The number of nitrogens with zero attached hydrogens (tertiary/aromatic N) is 3. The molecule has 0 fully saturated rings. The Morgan fingerprint density at radius 1 is 1.29 bits per heavy atom. The van der Waals surface area contributed by atoms with Crippen LogP contribution in [0.25, 0.3) is 0 Å². The molecule has 0 aliphatic carbocycles. The first-order chi connectivity index (χ1) is 8.29. The zero-order valence-corrected chi connectivity index (χ0v) is 9.51. The van der Waals surface area contributed by atoms with Gasteiger partial charge in [-0.25, -0.2) is 9.97 Å². The van der Waals surface area contributed by atoms with Crippen molar-refractivity contribution in [1.82, 2.24) is 9.97 Å². The van der Waals surface area contributed by atoms with E-state index in [1.807, 2.05) is 18.2 Å². The van der Waals surface area contributed by atoms with Gasteiger partial charge in [0.2, 0.25) is 5.95 Å². The molecule has 4 nitrogen and oxygen atoms in total. The van der Waals surface area contributed by atoms with E-state index in [2.05, 4.69) is 34.3 Å². The fraction of sp³-hybridized carbons (Fsp3) is 0.154. The van der Waals surface area contributed by atoms with Gasteiger partial charge in [0.1, 0.15) is 11.8 Å². The highest BCUT2D eigenvalue weighted by Gasteiger charge is 2.00. The summed E-state index contributed by atoms with van der Waals surface area (Å²) >= 11 is 0. The zero-order chi connectivity index (χ0) is 12.1. The van der Waals surface area contributed by atoms with Gasteiger partial charge >= 0.3 is 0 Å². The smallest absolute Gasteiger partial charge is 0.224 e. The third-order valence-electron chi connectivity index (χ3n) is 2.47. The van der Waals surface area contributed by atoms with Crippen LogP contribution in [-0.4, -0.2) is 9.97 Å². The molecule has 0 saturated carbocycles. The van der Waals surface area contributed by atoms with Gasteiger partial charge in [-0.3, -0.25) is 0 Å². The van der Waals surface area contributed by atoms with E-state index in [4.69, 9.17) is 5.26 Å². The molecule has 0 aliphatic heterocycles. The first kappa shape index (κ1) is 11.1. The monoisotopic (exact) mass is 224 g/mol. The van der Waals surface area contributed by atoms with Crippen molar-refractivity contribution in [2.75, 3.05) is 5.32 Å². The minimum atomic E-state index is 0.368. The average Bonchev–Trinajstić information content (AvgIpc) is 2.38.